The highest BCUT2D eigenvalue weighted by Crippen LogP contribution is 1.80. The van der Waals surface area contributed by atoms with Crippen LogP contribution in [-0.4, -0.2) is 24.1 Å². The second-order valence-electron chi connectivity index (χ2n) is 2.14. The molecule has 4 heteroatoms. The number of rotatable bonds is 0. The Kier molecular flexibility index (Phi) is 1.16. The second kappa shape index (κ2) is 2.13. The van der Waals surface area contributed by atoms with Gasteiger partial charge in [-0.15, -0.1) is 9.67 Å². The minimum atomic E-state index is 0.876. The number of nitrogens with zero attached hydrogens (tertiary/aromatic N) is 2. The van der Waals surface area contributed by atoms with Crippen LogP contribution in [0.2, 0.25) is 0 Å². The van der Waals surface area contributed by atoms with Gasteiger partial charge in [0, 0.05) is 6.20 Å². The van der Waals surface area contributed by atoms with Crippen LogP contribution in [0.25, 0.3) is 0 Å². The Hall–Kier alpha value is -1.32. The Morgan fingerprint density at radius 2 is 2.60 bits per heavy atom. The fourth-order valence-electron chi connectivity index (χ4n) is 0.974. The molecule has 10 heavy (non-hydrogen) atoms. The van der Waals surface area contributed by atoms with Crippen LogP contribution in [0.15, 0.2) is 23.5 Å². The van der Waals surface area contributed by atoms with Crippen molar-refractivity contribution in [2.75, 3.05) is 13.1 Å². The summed E-state index contributed by atoms with van der Waals surface area (Å²) in [7, 11) is 0. The van der Waals surface area contributed by atoms with Crippen LogP contribution >= 0.6 is 0 Å². The summed E-state index contributed by atoms with van der Waals surface area (Å²) in [5.41, 5.74) is 0. The molecule has 0 amide bonds. The van der Waals surface area contributed by atoms with E-state index < -0.39 is 0 Å². The molecule has 0 aliphatic carbocycles. The Balaban J connectivity index is 2.28. The SMILES string of the molecule is c1c[nH][n+](C2=NCCN2)c1. The molecule has 0 atom stereocenters. The molecule has 0 fully saturated rings. The van der Waals surface area contributed by atoms with E-state index >= 15 is 0 Å². The van der Waals surface area contributed by atoms with E-state index in [2.05, 4.69) is 15.4 Å². The lowest BCUT2D eigenvalue weighted by molar-refractivity contribution is -0.620. The van der Waals surface area contributed by atoms with E-state index in [1.54, 1.807) is 0 Å². The molecular formula is C6H9N4+. The monoisotopic (exact) mass is 137 g/mol. The van der Waals surface area contributed by atoms with Gasteiger partial charge >= 0.3 is 5.96 Å². The molecule has 0 aromatic carbocycles. The Morgan fingerprint density at radius 3 is 3.20 bits per heavy atom. The van der Waals surface area contributed by atoms with E-state index in [0.29, 0.717) is 0 Å². The van der Waals surface area contributed by atoms with Crippen molar-refractivity contribution in [1.82, 2.24) is 10.4 Å². The Labute approximate surface area is 58.6 Å². The number of aromatic nitrogens is 2. The standard InChI is InChI=1S/C6H8N4/c1-2-9-10(5-1)6-7-3-4-8-6/h1-2,5H,3-4H2,(H,7,8)/p+1. The van der Waals surface area contributed by atoms with E-state index in [4.69, 9.17) is 0 Å². The molecule has 2 rings (SSSR count). The van der Waals surface area contributed by atoms with Crippen molar-refractivity contribution in [3.8, 4) is 0 Å². The van der Waals surface area contributed by atoms with Crippen LogP contribution in [0.3, 0.4) is 0 Å². The van der Waals surface area contributed by atoms with Crippen LogP contribution in [0.5, 0.6) is 0 Å². The summed E-state index contributed by atoms with van der Waals surface area (Å²) < 4.78 is 1.85. The summed E-state index contributed by atoms with van der Waals surface area (Å²) >= 11 is 0. The van der Waals surface area contributed by atoms with Crippen molar-refractivity contribution < 1.29 is 4.68 Å². The summed E-state index contributed by atoms with van der Waals surface area (Å²) in [4.78, 5) is 4.22. The molecule has 1 aromatic heterocycles. The molecule has 2 heterocycles. The van der Waals surface area contributed by atoms with E-state index in [1.807, 2.05) is 23.1 Å². The average molecular weight is 137 g/mol. The number of H-pyrrole nitrogens is 1. The average Bonchev–Trinajstić information content (AvgIpc) is 2.59. The molecule has 0 unspecified atom stereocenters. The molecule has 1 aliphatic heterocycles. The van der Waals surface area contributed by atoms with Crippen molar-refractivity contribution in [3.63, 3.8) is 0 Å². The van der Waals surface area contributed by atoms with E-state index in [0.717, 1.165) is 19.0 Å². The molecular weight excluding hydrogens is 128 g/mol. The number of aromatic amines is 1. The normalized spacial score (nSPS) is 16.6. The predicted octanol–water partition coefficient (Wildman–Crippen LogP) is -0.890. The van der Waals surface area contributed by atoms with Crippen molar-refractivity contribution in [2.45, 2.75) is 0 Å². The first-order valence-electron chi connectivity index (χ1n) is 3.30. The maximum absolute atomic E-state index is 4.22. The zero-order valence-electron chi connectivity index (χ0n) is 5.54. The van der Waals surface area contributed by atoms with Crippen molar-refractivity contribution in [1.29, 1.82) is 0 Å². The first-order valence-corrected chi connectivity index (χ1v) is 3.30. The quantitative estimate of drug-likeness (QED) is 0.448. The van der Waals surface area contributed by atoms with Crippen molar-refractivity contribution in [3.05, 3.63) is 18.5 Å². The van der Waals surface area contributed by atoms with Gasteiger partial charge in [0.05, 0.1) is 12.7 Å². The van der Waals surface area contributed by atoms with Gasteiger partial charge in [0.15, 0.2) is 0 Å². The van der Waals surface area contributed by atoms with Gasteiger partial charge in [0.1, 0.15) is 6.54 Å². The highest BCUT2D eigenvalue weighted by Gasteiger charge is 2.15. The number of hydrogen-bond acceptors (Lipinski definition) is 2. The molecule has 1 aliphatic rings. The molecule has 1 aromatic rings. The Bertz CT molecular complexity index is 236. The van der Waals surface area contributed by atoms with E-state index in [9.17, 15) is 0 Å². The van der Waals surface area contributed by atoms with Gasteiger partial charge in [-0.3, -0.25) is 10.4 Å². The number of nitrogens with one attached hydrogen (secondary N) is 2. The first-order chi connectivity index (χ1) is 4.97. The fraction of sp³-hybridized carbons (Fsp3) is 0.333. The fourth-order valence-corrected chi connectivity index (χ4v) is 0.974. The van der Waals surface area contributed by atoms with Gasteiger partial charge in [0.2, 0.25) is 0 Å². The first kappa shape index (κ1) is 5.46. The summed E-state index contributed by atoms with van der Waals surface area (Å²) in [6.07, 6.45) is 3.79. The van der Waals surface area contributed by atoms with Gasteiger partial charge in [-0.1, -0.05) is 0 Å². The summed E-state index contributed by atoms with van der Waals surface area (Å²) in [5, 5.41) is 6.14. The van der Waals surface area contributed by atoms with Crippen LogP contribution in [0.1, 0.15) is 0 Å². The highest BCUT2D eigenvalue weighted by atomic mass is 15.4. The van der Waals surface area contributed by atoms with Crippen molar-refractivity contribution in [2.24, 2.45) is 4.99 Å². The van der Waals surface area contributed by atoms with Crippen LogP contribution in [0, 0.1) is 0 Å². The molecule has 2 N–H and O–H groups in total. The minimum absolute atomic E-state index is 0.876. The lowest BCUT2D eigenvalue weighted by Crippen LogP contribution is -2.50. The van der Waals surface area contributed by atoms with E-state index in [-0.39, 0.29) is 0 Å². The molecule has 0 saturated heterocycles. The lowest BCUT2D eigenvalue weighted by Gasteiger charge is -1.89. The van der Waals surface area contributed by atoms with Crippen LogP contribution in [0.4, 0.5) is 0 Å². The lowest BCUT2D eigenvalue weighted by atomic mass is 10.7. The molecule has 4 nitrogen and oxygen atoms in total. The molecule has 0 radical (unpaired) electrons. The largest absolute Gasteiger partial charge is 0.408 e. The summed E-state index contributed by atoms with van der Waals surface area (Å²) in [6.45, 7) is 1.82. The third-order valence-corrected chi connectivity index (χ3v) is 1.43. The maximum Gasteiger partial charge on any atom is 0.408 e. The topological polar surface area (TPSA) is 44.1 Å². The zero-order valence-corrected chi connectivity index (χ0v) is 5.54. The van der Waals surface area contributed by atoms with Crippen molar-refractivity contribution >= 4 is 5.96 Å². The zero-order chi connectivity index (χ0) is 6.81. The van der Waals surface area contributed by atoms with Gasteiger partial charge in [-0.05, 0) is 6.07 Å². The summed E-state index contributed by atoms with van der Waals surface area (Å²) in [6, 6.07) is 1.93. The Morgan fingerprint density at radius 1 is 1.60 bits per heavy atom. The molecule has 0 bridgehead atoms. The van der Waals surface area contributed by atoms with E-state index in [1.165, 1.54) is 0 Å². The number of hydrogen-bond donors (Lipinski definition) is 2. The molecule has 52 valence electrons. The minimum Gasteiger partial charge on any atom is -0.270 e. The highest BCUT2D eigenvalue weighted by molar-refractivity contribution is 5.71. The molecule has 0 spiro atoms. The van der Waals surface area contributed by atoms with Gasteiger partial charge in [-0.2, -0.15) is 0 Å². The summed E-state index contributed by atoms with van der Waals surface area (Å²) in [5.74, 6) is 0.907. The third kappa shape index (κ3) is 0.775. The predicted molar refractivity (Wildman–Crippen MR) is 36.7 cm³/mol. The number of aliphatic imine (C=N–C) groups is 1. The smallest absolute Gasteiger partial charge is 0.270 e. The molecule has 0 saturated carbocycles. The van der Waals surface area contributed by atoms with Gasteiger partial charge < -0.3 is 0 Å². The van der Waals surface area contributed by atoms with Gasteiger partial charge in [-0.25, -0.2) is 0 Å². The van der Waals surface area contributed by atoms with Crippen LogP contribution < -0.4 is 10.00 Å². The van der Waals surface area contributed by atoms with Gasteiger partial charge in [0.25, 0.3) is 0 Å². The second-order valence-corrected chi connectivity index (χ2v) is 2.14. The maximum atomic E-state index is 4.22. The van der Waals surface area contributed by atoms with Crippen LogP contribution in [-0.2, 0) is 0 Å². The third-order valence-electron chi connectivity index (χ3n) is 1.43.